The molecule has 21 heavy (non-hydrogen) atoms. The lowest BCUT2D eigenvalue weighted by molar-refractivity contribution is 0.202. The SMILES string of the molecule is CNCc1cc(S(=O)(=O)N2CCCC(C)C2C)ccc1C. The summed E-state index contributed by atoms with van der Waals surface area (Å²) in [6.07, 6.45) is 2.05. The first-order chi connectivity index (χ1) is 9.87. The molecular weight excluding hydrogens is 284 g/mol. The summed E-state index contributed by atoms with van der Waals surface area (Å²) in [6.45, 7) is 7.47. The highest BCUT2D eigenvalue weighted by Gasteiger charge is 2.34. The van der Waals surface area contributed by atoms with Crippen LogP contribution < -0.4 is 5.32 Å². The van der Waals surface area contributed by atoms with Crippen LogP contribution >= 0.6 is 0 Å². The van der Waals surface area contributed by atoms with Crippen LogP contribution in [0.2, 0.25) is 0 Å². The maximum atomic E-state index is 12.9. The summed E-state index contributed by atoms with van der Waals surface area (Å²) in [6, 6.07) is 5.51. The van der Waals surface area contributed by atoms with Crippen molar-refractivity contribution in [1.82, 2.24) is 9.62 Å². The molecule has 0 saturated carbocycles. The van der Waals surface area contributed by atoms with Crippen LogP contribution in [0, 0.1) is 12.8 Å². The van der Waals surface area contributed by atoms with Crippen molar-refractivity contribution in [1.29, 1.82) is 0 Å². The monoisotopic (exact) mass is 310 g/mol. The molecule has 5 heteroatoms. The van der Waals surface area contributed by atoms with Crippen molar-refractivity contribution in [2.24, 2.45) is 5.92 Å². The highest BCUT2D eigenvalue weighted by Crippen LogP contribution is 2.29. The fourth-order valence-corrected chi connectivity index (χ4v) is 4.78. The standard InChI is InChI=1S/C16H26N2O2S/c1-12-6-5-9-18(14(12)3)21(19,20)16-8-7-13(2)15(10-16)11-17-4/h7-8,10,12,14,17H,5-6,9,11H2,1-4H3. The first kappa shape index (κ1) is 16.5. The summed E-state index contributed by atoms with van der Waals surface area (Å²) in [7, 11) is -1.53. The van der Waals surface area contributed by atoms with Gasteiger partial charge in [0.1, 0.15) is 0 Å². The molecule has 1 heterocycles. The van der Waals surface area contributed by atoms with Crippen LogP contribution in [0.5, 0.6) is 0 Å². The van der Waals surface area contributed by atoms with Gasteiger partial charge in [0.05, 0.1) is 4.90 Å². The number of rotatable bonds is 4. The van der Waals surface area contributed by atoms with Gasteiger partial charge in [-0.3, -0.25) is 0 Å². The zero-order valence-corrected chi connectivity index (χ0v) is 14.2. The van der Waals surface area contributed by atoms with Crippen molar-refractivity contribution in [3.63, 3.8) is 0 Å². The molecule has 1 N–H and O–H groups in total. The van der Waals surface area contributed by atoms with Gasteiger partial charge in [-0.2, -0.15) is 4.31 Å². The molecule has 1 saturated heterocycles. The van der Waals surface area contributed by atoms with Gasteiger partial charge in [-0.05, 0) is 62.9 Å². The van der Waals surface area contributed by atoms with Gasteiger partial charge in [0, 0.05) is 19.1 Å². The van der Waals surface area contributed by atoms with Gasteiger partial charge in [0.15, 0.2) is 0 Å². The number of sulfonamides is 1. The average Bonchev–Trinajstić information content (AvgIpc) is 2.44. The van der Waals surface area contributed by atoms with Crippen LogP contribution in [0.4, 0.5) is 0 Å². The zero-order chi connectivity index (χ0) is 15.6. The molecule has 2 rings (SSSR count). The van der Waals surface area contributed by atoms with E-state index in [1.807, 2.05) is 33.0 Å². The minimum absolute atomic E-state index is 0.0674. The van der Waals surface area contributed by atoms with E-state index in [1.54, 1.807) is 10.4 Å². The Bertz CT molecular complexity index is 598. The van der Waals surface area contributed by atoms with Gasteiger partial charge in [0.25, 0.3) is 0 Å². The fourth-order valence-electron chi connectivity index (χ4n) is 2.96. The minimum atomic E-state index is -3.40. The summed E-state index contributed by atoms with van der Waals surface area (Å²) in [4.78, 5) is 0.416. The molecule has 0 bridgehead atoms. The largest absolute Gasteiger partial charge is 0.316 e. The van der Waals surface area contributed by atoms with Crippen molar-refractivity contribution < 1.29 is 8.42 Å². The molecule has 118 valence electrons. The predicted octanol–water partition coefficient (Wildman–Crippen LogP) is 2.52. The first-order valence-corrected chi connectivity index (χ1v) is 9.08. The Hall–Kier alpha value is -0.910. The van der Waals surface area contributed by atoms with Crippen molar-refractivity contribution in [2.45, 2.75) is 51.1 Å². The maximum absolute atomic E-state index is 12.9. The third-order valence-corrected chi connectivity index (χ3v) is 6.59. The highest BCUT2D eigenvalue weighted by atomic mass is 32.2. The van der Waals surface area contributed by atoms with Crippen LogP contribution in [-0.2, 0) is 16.6 Å². The predicted molar refractivity (Wildman–Crippen MR) is 85.7 cm³/mol. The topological polar surface area (TPSA) is 49.4 Å². The van der Waals surface area contributed by atoms with E-state index in [0.29, 0.717) is 23.9 Å². The Morgan fingerprint density at radius 1 is 1.33 bits per heavy atom. The van der Waals surface area contributed by atoms with Gasteiger partial charge in [-0.1, -0.05) is 13.0 Å². The average molecular weight is 310 g/mol. The zero-order valence-electron chi connectivity index (χ0n) is 13.4. The highest BCUT2D eigenvalue weighted by molar-refractivity contribution is 7.89. The van der Waals surface area contributed by atoms with E-state index in [1.165, 1.54) is 0 Å². The molecule has 1 aliphatic rings. The summed E-state index contributed by atoms with van der Waals surface area (Å²) in [5, 5.41) is 3.09. The Morgan fingerprint density at radius 3 is 2.71 bits per heavy atom. The molecule has 0 spiro atoms. The van der Waals surface area contributed by atoms with Crippen molar-refractivity contribution in [2.75, 3.05) is 13.6 Å². The molecule has 0 radical (unpaired) electrons. The summed E-state index contributed by atoms with van der Waals surface area (Å²) >= 11 is 0. The van der Waals surface area contributed by atoms with Crippen LogP contribution in [0.1, 0.15) is 37.8 Å². The molecule has 1 aliphatic heterocycles. The van der Waals surface area contributed by atoms with E-state index in [2.05, 4.69) is 12.2 Å². The van der Waals surface area contributed by atoms with E-state index < -0.39 is 10.0 Å². The lowest BCUT2D eigenvalue weighted by Gasteiger charge is -2.36. The second-order valence-electron chi connectivity index (χ2n) is 6.09. The van der Waals surface area contributed by atoms with Crippen LogP contribution in [0.25, 0.3) is 0 Å². The Balaban J connectivity index is 2.37. The minimum Gasteiger partial charge on any atom is -0.316 e. The second kappa shape index (κ2) is 6.46. The molecule has 4 nitrogen and oxygen atoms in total. The Labute approximate surface area is 128 Å². The molecule has 0 aromatic heterocycles. The van der Waals surface area contributed by atoms with E-state index in [0.717, 1.165) is 24.0 Å². The molecule has 1 aromatic carbocycles. The molecule has 1 aromatic rings. The van der Waals surface area contributed by atoms with Crippen molar-refractivity contribution in [3.8, 4) is 0 Å². The third-order valence-electron chi connectivity index (χ3n) is 4.61. The molecule has 2 unspecified atom stereocenters. The lowest BCUT2D eigenvalue weighted by atomic mass is 9.94. The molecule has 0 aliphatic carbocycles. The number of aryl methyl sites for hydroxylation is 1. The quantitative estimate of drug-likeness (QED) is 0.929. The van der Waals surface area contributed by atoms with E-state index >= 15 is 0 Å². The van der Waals surface area contributed by atoms with E-state index in [4.69, 9.17) is 0 Å². The van der Waals surface area contributed by atoms with Crippen LogP contribution in [0.3, 0.4) is 0 Å². The van der Waals surface area contributed by atoms with Crippen molar-refractivity contribution in [3.05, 3.63) is 29.3 Å². The van der Waals surface area contributed by atoms with Gasteiger partial charge in [-0.25, -0.2) is 8.42 Å². The summed E-state index contributed by atoms with van der Waals surface area (Å²) in [5.74, 6) is 0.413. The number of nitrogens with zero attached hydrogens (tertiary/aromatic N) is 1. The number of piperidine rings is 1. The Morgan fingerprint density at radius 2 is 2.05 bits per heavy atom. The molecule has 0 amide bonds. The van der Waals surface area contributed by atoms with Crippen LogP contribution in [0.15, 0.2) is 23.1 Å². The molecule has 1 fully saturated rings. The number of hydrogen-bond donors (Lipinski definition) is 1. The molecule has 2 atom stereocenters. The summed E-state index contributed by atoms with van der Waals surface area (Å²) in [5.41, 5.74) is 2.15. The van der Waals surface area contributed by atoms with Crippen LogP contribution in [-0.4, -0.2) is 32.4 Å². The van der Waals surface area contributed by atoms with Crippen molar-refractivity contribution >= 4 is 10.0 Å². The summed E-state index contributed by atoms with van der Waals surface area (Å²) < 4.78 is 27.5. The first-order valence-electron chi connectivity index (χ1n) is 7.64. The normalized spacial score (nSPS) is 24.2. The second-order valence-corrected chi connectivity index (χ2v) is 7.99. The van der Waals surface area contributed by atoms with E-state index in [-0.39, 0.29) is 6.04 Å². The maximum Gasteiger partial charge on any atom is 0.243 e. The lowest BCUT2D eigenvalue weighted by Crippen LogP contribution is -2.45. The number of hydrogen-bond acceptors (Lipinski definition) is 3. The number of nitrogens with one attached hydrogen (secondary N) is 1. The van der Waals surface area contributed by atoms with Gasteiger partial charge in [-0.15, -0.1) is 0 Å². The van der Waals surface area contributed by atoms with Gasteiger partial charge in [0.2, 0.25) is 10.0 Å². The number of benzene rings is 1. The Kier molecular flexibility index (Phi) is 5.07. The van der Waals surface area contributed by atoms with Gasteiger partial charge >= 0.3 is 0 Å². The molecular formula is C16H26N2O2S. The fraction of sp³-hybridized carbons (Fsp3) is 0.625. The third kappa shape index (κ3) is 3.30. The van der Waals surface area contributed by atoms with E-state index in [9.17, 15) is 8.42 Å². The smallest absolute Gasteiger partial charge is 0.243 e. The van der Waals surface area contributed by atoms with Gasteiger partial charge < -0.3 is 5.32 Å².